The van der Waals surface area contributed by atoms with Crippen LogP contribution in [-0.4, -0.2) is 18.1 Å². The van der Waals surface area contributed by atoms with E-state index >= 15 is 0 Å². The quantitative estimate of drug-likeness (QED) is 0.791. The van der Waals surface area contributed by atoms with E-state index in [1.54, 1.807) is 0 Å². The van der Waals surface area contributed by atoms with E-state index in [2.05, 4.69) is 38.9 Å². The Morgan fingerprint density at radius 3 is 2.69 bits per heavy atom. The van der Waals surface area contributed by atoms with Gasteiger partial charge in [-0.2, -0.15) is 0 Å². The molecule has 0 radical (unpaired) electrons. The van der Waals surface area contributed by atoms with Gasteiger partial charge in [-0.3, -0.25) is 0 Å². The third-order valence-corrected chi connectivity index (χ3v) is 3.16. The number of aromatic nitrogens is 1. The van der Waals surface area contributed by atoms with E-state index < -0.39 is 0 Å². The molecule has 0 aromatic carbocycles. The van der Waals surface area contributed by atoms with Gasteiger partial charge >= 0.3 is 0 Å². The molecule has 0 saturated heterocycles. The SMILES string of the molecule is CN(c1ccc(Br)cn1)C1CCC1. The monoisotopic (exact) mass is 240 g/mol. The normalized spacial score (nSPS) is 16.8. The predicted octanol–water partition coefficient (Wildman–Crippen LogP) is 2.83. The maximum Gasteiger partial charge on any atom is 0.128 e. The van der Waals surface area contributed by atoms with E-state index in [0.717, 1.165) is 10.3 Å². The van der Waals surface area contributed by atoms with Crippen molar-refractivity contribution in [1.29, 1.82) is 0 Å². The molecule has 0 bridgehead atoms. The second-order valence-corrected chi connectivity index (χ2v) is 4.45. The molecule has 0 N–H and O–H groups in total. The Bertz CT molecular complexity index is 279. The number of nitrogens with zero attached hydrogens (tertiary/aromatic N) is 2. The van der Waals surface area contributed by atoms with Crippen LogP contribution in [0.3, 0.4) is 0 Å². The maximum atomic E-state index is 4.36. The lowest BCUT2D eigenvalue weighted by Gasteiger charge is -2.35. The molecule has 0 unspecified atom stereocenters. The lowest BCUT2D eigenvalue weighted by Crippen LogP contribution is -2.37. The molecule has 1 aliphatic rings. The first kappa shape index (κ1) is 9.00. The van der Waals surface area contributed by atoms with Crippen molar-refractivity contribution in [1.82, 2.24) is 4.98 Å². The van der Waals surface area contributed by atoms with Crippen LogP contribution in [0.2, 0.25) is 0 Å². The highest BCUT2D eigenvalue weighted by molar-refractivity contribution is 9.10. The molecule has 0 aliphatic heterocycles. The summed E-state index contributed by atoms with van der Waals surface area (Å²) in [5, 5.41) is 0. The van der Waals surface area contributed by atoms with E-state index in [9.17, 15) is 0 Å². The fraction of sp³-hybridized carbons (Fsp3) is 0.500. The second-order valence-electron chi connectivity index (χ2n) is 3.53. The van der Waals surface area contributed by atoms with Crippen LogP contribution in [0, 0.1) is 0 Å². The molecule has 0 atom stereocenters. The summed E-state index contributed by atoms with van der Waals surface area (Å²) in [5.74, 6) is 1.08. The molecule has 13 heavy (non-hydrogen) atoms. The van der Waals surface area contributed by atoms with Gasteiger partial charge in [-0.15, -0.1) is 0 Å². The molecule has 0 spiro atoms. The van der Waals surface area contributed by atoms with E-state index in [-0.39, 0.29) is 0 Å². The maximum absolute atomic E-state index is 4.36. The highest BCUT2D eigenvalue weighted by Crippen LogP contribution is 2.27. The lowest BCUT2D eigenvalue weighted by atomic mass is 9.92. The first-order valence-electron chi connectivity index (χ1n) is 4.62. The van der Waals surface area contributed by atoms with E-state index in [4.69, 9.17) is 0 Å². The highest BCUT2D eigenvalue weighted by Gasteiger charge is 2.22. The standard InChI is InChI=1S/C10H13BrN2/c1-13(9-3-2-4-9)10-6-5-8(11)7-12-10/h5-7,9H,2-4H2,1H3. The first-order chi connectivity index (χ1) is 6.27. The van der Waals surface area contributed by atoms with Crippen LogP contribution in [0.25, 0.3) is 0 Å². The molecule has 1 saturated carbocycles. The Morgan fingerprint density at radius 2 is 2.23 bits per heavy atom. The second kappa shape index (κ2) is 3.66. The molecule has 1 fully saturated rings. The smallest absolute Gasteiger partial charge is 0.128 e. The van der Waals surface area contributed by atoms with Gasteiger partial charge in [0.15, 0.2) is 0 Å². The molecule has 0 amide bonds. The summed E-state index contributed by atoms with van der Waals surface area (Å²) in [6, 6.07) is 4.81. The molecule has 1 aliphatic carbocycles. The van der Waals surface area contributed by atoms with Crippen LogP contribution in [0.4, 0.5) is 5.82 Å². The third kappa shape index (κ3) is 1.85. The molecule has 1 aromatic rings. The van der Waals surface area contributed by atoms with Gasteiger partial charge in [0.2, 0.25) is 0 Å². The molecular formula is C10H13BrN2. The summed E-state index contributed by atoms with van der Waals surface area (Å²) in [6.07, 6.45) is 5.85. The van der Waals surface area contributed by atoms with Crippen LogP contribution in [-0.2, 0) is 0 Å². The zero-order valence-electron chi connectivity index (χ0n) is 7.70. The zero-order chi connectivity index (χ0) is 9.26. The summed E-state index contributed by atoms with van der Waals surface area (Å²) < 4.78 is 1.04. The summed E-state index contributed by atoms with van der Waals surface area (Å²) >= 11 is 3.38. The van der Waals surface area contributed by atoms with E-state index in [0.29, 0.717) is 6.04 Å². The van der Waals surface area contributed by atoms with Crippen LogP contribution in [0.15, 0.2) is 22.8 Å². The molecule has 2 rings (SSSR count). The van der Waals surface area contributed by atoms with Gasteiger partial charge in [-0.1, -0.05) is 0 Å². The Balaban J connectivity index is 2.10. The van der Waals surface area contributed by atoms with Crippen LogP contribution in [0.1, 0.15) is 19.3 Å². The van der Waals surface area contributed by atoms with Gasteiger partial charge in [-0.05, 0) is 47.3 Å². The number of anilines is 1. The zero-order valence-corrected chi connectivity index (χ0v) is 9.29. The van der Waals surface area contributed by atoms with E-state index in [1.807, 2.05) is 12.3 Å². The molecule has 3 heteroatoms. The summed E-state index contributed by atoms with van der Waals surface area (Å²) in [7, 11) is 2.13. The highest BCUT2D eigenvalue weighted by atomic mass is 79.9. The minimum Gasteiger partial charge on any atom is -0.357 e. The third-order valence-electron chi connectivity index (χ3n) is 2.70. The number of hydrogen-bond acceptors (Lipinski definition) is 2. The van der Waals surface area contributed by atoms with E-state index in [1.165, 1.54) is 19.3 Å². The average molecular weight is 241 g/mol. The van der Waals surface area contributed by atoms with Crippen molar-refractivity contribution in [3.05, 3.63) is 22.8 Å². The van der Waals surface area contributed by atoms with Gasteiger partial charge in [0.25, 0.3) is 0 Å². The van der Waals surface area contributed by atoms with Crippen LogP contribution in [0.5, 0.6) is 0 Å². The van der Waals surface area contributed by atoms with Gasteiger partial charge in [0.05, 0.1) is 0 Å². The Hall–Kier alpha value is -0.570. The minimum absolute atomic E-state index is 0.716. The van der Waals surface area contributed by atoms with Gasteiger partial charge in [0.1, 0.15) is 5.82 Å². The van der Waals surface area contributed by atoms with Crippen molar-refractivity contribution in [3.63, 3.8) is 0 Å². The Labute approximate surface area is 87.1 Å². The van der Waals surface area contributed by atoms with Crippen molar-refractivity contribution in [3.8, 4) is 0 Å². The van der Waals surface area contributed by atoms with Crippen molar-refractivity contribution in [2.75, 3.05) is 11.9 Å². The first-order valence-corrected chi connectivity index (χ1v) is 5.41. The van der Waals surface area contributed by atoms with Crippen LogP contribution >= 0.6 is 15.9 Å². The summed E-state index contributed by atoms with van der Waals surface area (Å²) in [4.78, 5) is 6.63. The number of halogens is 1. The number of pyridine rings is 1. The fourth-order valence-corrected chi connectivity index (χ4v) is 1.77. The Morgan fingerprint density at radius 1 is 1.46 bits per heavy atom. The van der Waals surface area contributed by atoms with Gasteiger partial charge < -0.3 is 4.90 Å². The number of hydrogen-bond donors (Lipinski definition) is 0. The van der Waals surface area contributed by atoms with Crippen molar-refractivity contribution in [2.45, 2.75) is 25.3 Å². The summed E-state index contributed by atoms with van der Waals surface area (Å²) in [5.41, 5.74) is 0. The fourth-order valence-electron chi connectivity index (χ4n) is 1.54. The summed E-state index contributed by atoms with van der Waals surface area (Å²) in [6.45, 7) is 0. The molecule has 1 heterocycles. The van der Waals surface area contributed by atoms with Crippen molar-refractivity contribution >= 4 is 21.7 Å². The lowest BCUT2D eigenvalue weighted by molar-refractivity contribution is 0.399. The van der Waals surface area contributed by atoms with Gasteiger partial charge in [0, 0.05) is 23.8 Å². The topological polar surface area (TPSA) is 16.1 Å². The number of rotatable bonds is 2. The predicted molar refractivity (Wildman–Crippen MR) is 58.0 cm³/mol. The minimum atomic E-state index is 0.716. The largest absolute Gasteiger partial charge is 0.357 e. The molecule has 1 aromatic heterocycles. The van der Waals surface area contributed by atoms with Crippen molar-refractivity contribution < 1.29 is 0 Å². The average Bonchev–Trinajstić information content (AvgIpc) is 2.02. The molecular weight excluding hydrogens is 228 g/mol. The molecule has 2 nitrogen and oxygen atoms in total. The Kier molecular flexibility index (Phi) is 2.54. The molecule has 70 valence electrons. The van der Waals surface area contributed by atoms with Crippen LogP contribution < -0.4 is 4.90 Å². The van der Waals surface area contributed by atoms with Crippen molar-refractivity contribution in [2.24, 2.45) is 0 Å². The van der Waals surface area contributed by atoms with Gasteiger partial charge in [-0.25, -0.2) is 4.98 Å².